The summed E-state index contributed by atoms with van der Waals surface area (Å²) in [7, 11) is 1.54. The van der Waals surface area contributed by atoms with Crippen molar-refractivity contribution in [3.8, 4) is 17.0 Å². The number of nitrogens with one attached hydrogen (secondary N) is 1. The van der Waals surface area contributed by atoms with Crippen molar-refractivity contribution in [2.24, 2.45) is 0 Å². The Kier molecular flexibility index (Phi) is 5.49. The normalized spacial score (nSPS) is 10.4. The Morgan fingerprint density at radius 2 is 1.88 bits per heavy atom. The molecule has 3 aromatic rings. The third kappa shape index (κ3) is 3.84. The number of halogens is 1. The van der Waals surface area contributed by atoms with Gasteiger partial charge in [-0.1, -0.05) is 41.7 Å². The lowest BCUT2D eigenvalue weighted by Gasteiger charge is -2.06. The molecule has 0 aliphatic carbocycles. The number of carbonyl (C=O) groups excluding carboxylic acids is 2. The van der Waals surface area contributed by atoms with Crippen molar-refractivity contribution < 1.29 is 14.3 Å². The molecule has 5 nitrogen and oxygen atoms in total. The number of hydrogen-bond donors (Lipinski definition) is 1. The SMILES string of the molecule is COc1ccc(Br)c(C(=O)Nc2nc(-c3ccccc3)c(C(C)=O)s2)c1. The zero-order valence-corrected chi connectivity index (χ0v) is 16.5. The molecule has 7 heteroatoms. The first kappa shape index (κ1) is 18.3. The van der Waals surface area contributed by atoms with Crippen LogP contribution in [0.15, 0.2) is 53.0 Å². The number of ether oxygens (including phenoxy) is 1. The topological polar surface area (TPSA) is 68.3 Å². The van der Waals surface area contributed by atoms with Crippen LogP contribution in [0.5, 0.6) is 5.75 Å². The van der Waals surface area contributed by atoms with Crippen molar-refractivity contribution >= 4 is 44.1 Å². The summed E-state index contributed by atoms with van der Waals surface area (Å²) in [6.07, 6.45) is 0. The molecule has 0 fully saturated rings. The molecule has 26 heavy (non-hydrogen) atoms. The van der Waals surface area contributed by atoms with Crippen molar-refractivity contribution in [3.63, 3.8) is 0 Å². The van der Waals surface area contributed by atoms with Crippen LogP contribution >= 0.6 is 27.3 Å². The van der Waals surface area contributed by atoms with Crippen LogP contribution in [0.1, 0.15) is 27.0 Å². The predicted octanol–water partition coefficient (Wildman–Crippen LogP) is 5.04. The number of amides is 1. The van der Waals surface area contributed by atoms with Gasteiger partial charge in [0, 0.05) is 17.0 Å². The van der Waals surface area contributed by atoms with E-state index >= 15 is 0 Å². The van der Waals surface area contributed by atoms with E-state index in [9.17, 15) is 9.59 Å². The number of Topliss-reactive ketones (excluding diaryl/α,β-unsaturated/α-hetero) is 1. The van der Waals surface area contributed by atoms with E-state index < -0.39 is 0 Å². The molecule has 1 aromatic heterocycles. The van der Waals surface area contributed by atoms with Crippen LogP contribution in [0.3, 0.4) is 0 Å². The van der Waals surface area contributed by atoms with Gasteiger partial charge in [-0.05, 0) is 34.1 Å². The maximum absolute atomic E-state index is 12.6. The largest absolute Gasteiger partial charge is 0.497 e. The minimum atomic E-state index is -0.334. The number of hydrogen-bond acceptors (Lipinski definition) is 5. The number of rotatable bonds is 5. The van der Waals surface area contributed by atoms with Crippen LogP contribution in [0.25, 0.3) is 11.3 Å². The Balaban J connectivity index is 1.93. The lowest BCUT2D eigenvalue weighted by molar-refractivity contribution is 0.101. The van der Waals surface area contributed by atoms with Gasteiger partial charge in [-0.2, -0.15) is 0 Å². The van der Waals surface area contributed by atoms with E-state index in [2.05, 4.69) is 26.2 Å². The summed E-state index contributed by atoms with van der Waals surface area (Å²) in [6, 6.07) is 14.5. The second kappa shape index (κ2) is 7.80. The molecule has 1 heterocycles. The van der Waals surface area contributed by atoms with Crippen molar-refractivity contribution in [2.45, 2.75) is 6.92 Å². The van der Waals surface area contributed by atoms with Crippen molar-refractivity contribution in [2.75, 3.05) is 12.4 Å². The van der Waals surface area contributed by atoms with Gasteiger partial charge in [0.25, 0.3) is 5.91 Å². The smallest absolute Gasteiger partial charge is 0.258 e. The fraction of sp³-hybridized carbons (Fsp3) is 0.105. The highest BCUT2D eigenvalue weighted by Gasteiger charge is 2.19. The highest BCUT2D eigenvalue weighted by Crippen LogP contribution is 2.32. The molecule has 0 aliphatic rings. The van der Waals surface area contributed by atoms with Gasteiger partial charge in [0.05, 0.1) is 23.2 Å². The fourth-order valence-corrected chi connectivity index (χ4v) is 3.68. The number of benzene rings is 2. The quantitative estimate of drug-likeness (QED) is 0.575. The number of ketones is 1. The second-order valence-corrected chi connectivity index (χ2v) is 7.27. The van der Waals surface area contributed by atoms with E-state index in [0.29, 0.717) is 31.5 Å². The third-order valence-electron chi connectivity index (χ3n) is 3.63. The van der Waals surface area contributed by atoms with Gasteiger partial charge in [-0.15, -0.1) is 0 Å². The Morgan fingerprint density at radius 1 is 1.15 bits per heavy atom. The number of carbonyl (C=O) groups is 2. The summed E-state index contributed by atoms with van der Waals surface area (Å²) < 4.78 is 5.81. The minimum Gasteiger partial charge on any atom is -0.497 e. The van der Waals surface area contributed by atoms with Crippen molar-refractivity contribution in [3.05, 3.63) is 63.4 Å². The summed E-state index contributed by atoms with van der Waals surface area (Å²) in [5.41, 5.74) is 1.82. The highest BCUT2D eigenvalue weighted by molar-refractivity contribution is 9.10. The zero-order valence-electron chi connectivity index (χ0n) is 14.1. The molecular formula is C19H15BrN2O3S. The summed E-state index contributed by atoms with van der Waals surface area (Å²) in [5, 5.41) is 3.14. The van der Waals surface area contributed by atoms with Crippen LogP contribution in [0, 0.1) is 0 Å². The lowest BCUT2D eigenvalue weighted by Crippen LogP contribution is -2.12. The van der Waals surface area contributed by atoms with E-state index in [1.165, 1.54) is 14.0 Å². The van der Waals surface area contributed by atoms with E-state index in [0.717, 1.165) is 16.9 Å². The number of thiazole rings is 1. The number of anilines is 1. The molecule has 0 unspecified atom stereocenters. The summed E-state index contributed by atoms with van der Waals surface area (Å²) in [6.45, 7) is 1.49. The molecule has 0 bridgehead atoms. The molecule has 2 aromatic carbocycles. The van der Waals surface area contributed by atoms with E-state index in [4.69, 9.17) is 4.74 Å². The standard InChI is InChI=1S/C19H15BrN2O3S/c1-11(23)17-16(12-6-4-3-5-7-12)21-19(26-17)22-18(24)14-10-13(25-2)8-9-15(14)20/h3-10H,1-2H3,(H,21,22,24). The molecule has 3 rings (SSSR count). The van der Waals surface area contributed by atoms with E-state index in [-0.39, 0.29) is 11.7 Å². The van der Waals surface area contributed by atoms with E-state index in [1.807, 2.05) is 30.3 Å². The molecule has 0 radical (unpaired) electrons. The highest BCUT2D eigenvalue weighted by atomic mass is 79.9. The third-order valence-corrected chi connectivity index (χ3v) is 5.40. The van der Waals surface area contributed by atoms with Crippen LogP contribution in [-0.4, -0.2) is 23.8 Å². The van der Waals surface area contributed by atoms with Crippen molar-refractivity contribution in [1.82, 2.24) is 4.98 Å². The number of nitrogens with zero attached hydrogens (tertiary/aromatic N) is 1. The summed E-state index contributed by atoms with van der Waals surface area (Å²) in [4.78, 5) is 29.6. The minimum absolute atomic E-state index is 0.0931. The summed E-state index contributed by atoms with van der Waals surface area (Å²) in [5.74, 6) is 0.149. The number of aromatic nitrogens is 1. The lowest BCUT2D eigenvalue weighted by atomic mass is 10.1. The first-order chi connectivity index (χ1) is 12.5. The Labute approximate surface area is 163 Å². The van der Waals surface area contributed by atoms with Gasteiger partial charge in [-0.25, -0.2) is 4.98 Å². The molecule has 0 saturated heterocycles. The van der Waals surface area contributed by atoms with Gasteiger partial charge in [-0.3, -0.25) is 14.9 Å². The van der Waals surface area contributed by atoms with Gasteiger partial charge in [0.15, 0.2) is 10.9 Å². The van der Waals surface area contributed by atoms with Crippen LogP contribution < -0.4 is 10.1 Å². The molecule has 132 valence electrons. The van der Waals surface area contributed by atoms with E-state index in [1.54, 1.807) is 18.2 Å². The molecule has 0 atom stereocenters. The first-order valence-corrected chi connectivity index (χ1v) is 9.32. The van der Waals surface area contributed by atoms with Gasteiger partial charge in [0.1, 0.15) is 5.75 Å². The Morgan fingerprint density at radius 3 is 2.54 bits per heavy atom. The maximum atomic E-state index is 12.6. The zero-order chi connectivity index (χ0) is 18.7. The van der Waals surface area contributed by atoms with Gasteiger partial charge in [0.2, 0.25) is 0 Å². The predicted molar refractivity (Wildman–Crippen MR) is 106 cm³/mol. The van der Waals surface area contributed by atoms with Crippen molar-refractivity contribution in [1.29, 1.82) is 0 Å². The average molecular weight is 431 g/mol. The maximum Gasteiger partial charge on any atom is 0.258 e. The molecule has 0 spiro atoms. The summed E-state index contributed by atoms with van der Waals surface area (Å²) >= 11 is 4.53. The first-order valence-electron chi connectivity index (χ1n) is 7.71. The van der Waals surface area contributed by atoms with Crippen LogP contribution in [-0.2, 0) is 0 Å². The average Bonchev–Trinajstić information content (AvgIpc) is 3.07. The Hall–Kier alpha value is -2.51. The van der Waals surface area contributed by atoms with Gasteiger partial charge >= 0.3 is 0 Å². The number of methoxy groups -OCH3 is 1. The fourth-order valence-electron chi connectivity index (χ4n) is 2.37. The molecule has 1 N–H and O–H groups in total. The second-order valence-electron chi connectivity index (χ2n) is 5.42. The Bertz CT molecular complexity index is 970. The molecule has 1 amide bonds. The molecular weight excluding hydrogens is 416 g/mol. The van der Waals surface area contributed by atoms with Gasteiger partial charge < -0.3 is 4.74 Å². The van der Waals surface area contributed by atoms with Crippen LogP contribution in [0.2, 0.25) is 0 Å². The molecule has 0 saturated carbocycles. The van der Waals surface area contributed by atoms with Crippen LogP contribution in [0.4, 0.5) is 5.13 Å². The molecule has 0 aliphatic heterocycles. The monoisotopic (exact) mass is 430 g/mol.